The van der Waals surface area contributed by atoms with Gasteiger partial charge in [-0.3, -0.25) is 4.79 Å². The maximum absolute atomic E-state index is 12.8. The molecule has 0 saturated heterocycles. The number of halogens is 6. The zero-order valence-electron chi connectivity index (χ0n) is 11.2. The van der Waals surface area contributed by atoms with Crippen molar-refractivity contribution < 1.29 is 31.1 Å². The molecule has 23 heavy (non-hydrogen) atoms. The van der Waals surface area contributed by atoms with Gasteiger partial charge in [-0.15, -0.1) is 0 Å². The van der Waals surface area contributed by atoms with Crippen molar-refractivity contribution in [3.8, 4) is 0 Å². The highest BCUT2D eigenvalue weighted by Gasteiger charge is 2.37. The minimum Gasteiger partial charge on any atom is -0.298 e. The molecule has 0 aliphatic carbocycles. The van der Waals surface area contributed by atoms with Gasteiger partial charge in [-0.25, -0.2) is 0 Å². The van der Waals surface area contributed by atoms with Crippen LogP contribution in [0.3, 0.4) is 0 Å². The molecule has 122 valence electrons. The number of hydrogen-bond acceptors (Lipinski definition) is 2. The number of benzene rings is 2. The second kappa shape index (κ2) is 6.27. The average Bonchev–Trinajstić information content (AvgIpc) is 2.45. The van der Waals surface area contributed by atoms with E-state index in [2.05, 4.69) is 0 Å². The van der Waals surface area contributed by atoms with Crippen LogP contribution in [0.1, 0.15) is 21.5 Å². The molecule has 8 heteroatoms. The van der Waals surface area contributed by atoms with Crippen molar-refractivity contribution >= 4 is 18.0 Å². The zero-order chi connectivity index (χ0) is 17.3. The fourth-order valence-electron chi connectivity index (χ4n) is 1.78. The Morgan fingerprint density at radius 3 is 1.83 bits per heavy atom. The highest BCUT2D eigenvalue weighted by molar-refractivity contribution is 7.99. The fraction of sp³-hybridized carbons (Fsp3) is 0.133. The largest absolute Gasteiger partial charge is 0.416 e. The lowest BCUT2D eigenvalue weighted by Gasteiger charge is -2.14. The van der Waals surface area contributed by atoms with Crippen molar-refractivity contribution in [1.82, 2.24) is 0 Å². The Kier molecular flexibility index (Phi) is 4.74. The van der Waals surface area contributed by atoms with Crippen LogP contribution in [-0.4, -0.2) is 6.29 Å². The molecule has 0 radical (unpaired) electrons. The van der Waals surface area contributed by atoms with E-state index in [0.717, 1.165) is 0 Å². The highest BCUT2D eigenvalue weighted by atomic mass is 32.2. The Morgan fingerprint density at radius 1 is 0.826 bits per heavy atom. The van der Waals surface area contributed by atoms with Crippen molar-refractivity contribution in [1.29, 1.82) is 0 Å². The second-order valence-corrected chi connectivity index (χ2v) is 5.61. The first-order valence-electron chi connectivity index (χ1n) is 6.13. The van der Waals surface area contributed by atoms with Gasteiger partial charge in [-0.2, -0.15) is 26.3 Å². The molecule has 0 atom stereocenters. The van der Waals surface area contributed by atoms with Crippen LogP contribution >= 0.6 is 11.8 Å². The van der Waals surface area contributed by atoms with Gasteiger partial charge in [0.15, 0.2) is 6.29 Å². The normalized spacial score (nSPS) is 12.3. The Morgan fingerprint density at radius 2 is 1.35 bits per heavy atom. The Bertz CT molecular complexity index is 688. The summed E-state index contributed by atoms with van der Waals surface area (Å²) in [4.78, 5) is 10.9. The molecule has 0 amide bonds. The monoisotopic (exact) mass is 350 g/mol. The van der Waals surface area contributed by atoms with Crippen LogP contribution in [0.2, 0.25) is 0 Å². The minimum atomic E-state index is -4.90. The van der Waals surface area contributed by atoms with Crippen molar-refractivity contribution in [3.63, 3.8) is 0 Å². The van der Waals surface area contributed by atoms with E-state index in [1.807, 2.05) is 0 Å². The van der Waals surface area contributed by atoms with Gasteiger partial charge in [0.05, 0.1) is 11.1 Å². The molecule has 0 spiro atoms. The van der Waals surface area contributed by atoms with Crippen LogP contribution in [0.25, 0.3) is 0 Å². The van der Waals surface area contributed by atoms with Gasteiger partial charge < -0.3 is 0 Å². The first-order chi connectivity index (χ1) is 10.6. The summed E-state index contributed by atoms with van der Waals surface area (Å²) in [6.07, 6.45) is -9.32. The van der Waals surface area contributed by atoms with Crippen molar-refractivity contribution in [3.05, 3.63) is 59.2 Å². The minimum absolute atomic E-state index is 0.0652. The van der Waals surface area contributed by atoms with Crippen LogP contribution < -0.4 is 0 Å². The maximum atomic E-state index is 12.8. The molecule has 1 nitrogen and oxygen atoms in total. The number of carbonyl (C=O) groups is 1. The molecule has 2 rings (SSSR count). The van der Waals surface area contributed by atoms with Crippen LogP contribution in [0, 0.1) is 0 Å². The molecule has 2 aromatic carbocycles. The molecule has 0 N–H and O–H groups in total. The van der Waals surface area contributed by atoms with E-state index in [-0.39, 0.29) is 21.4 Å². The van der Waals surface area contributed by atoms with Gasteiger partial charge in [0.1, 0.15) is 0 Å². The Balaban J connectivity index is 2.51. The summed E-state index contributed by atoms with van der Waals surface area (Å²) >= 11 is 0.668. The van der Waals surface area contributed by atoms with E-state index in [9.17, 15) is 31.1 Å². The molecule has 0 aliphatic heterocycles. The summed E-state index contributed by atoms with van der Waals surface area (Å²) in [7, 11) is 0. The maximum Gasteiger partial charge on any atom is 0.416 e. The van der Waals surface area contributed by atoms with E-state index < -0.39 is 23.5 Å². The van der Waals surface area contributed by atoms with Gasteiger partial charge >= 0.3 is 12.4 Å². The van der Waals surface area contributed by atoms with Crippen molar-refractivity contribution in [2.75, 3.05) is 0 Å². The average molecular weight is 350 g/mol. The van der Waals surface area contributed by atoms with Crippen LogP contribution in [0.4, 0.5) is 26.3 Å². The summed E-state index contributed by atoms with van der Waals surface area (Å²) in [5.41, 5.74) is -2.60. The molecule has 0 bridgehead atoms. The van der Waals surface area contributed by atoms with Crippen LogP contribution in [-0.2, 0) is 12.4 Å². The fourth-order valence-corrected chi connectivity index (χ4v) is 2.79. The van der Waals surface area contributed by atoms with Crippen molar-refractivity contribution in [2.24, 2.45) is 0 Å². The molecule has 0 aliphatic rings. The van der Waals surface area contributed by atoms with E-state index in [1.54, 1.807) is 6.07 Å². The predicted octanol–water partition coefficient (Wildman–Crippen LogP) is 5.69. The quantitative estimate of drug-likeness (QED) is 0.523. The third-order valence-corrected chi connectivity index (χ3v) is 3.90. The first-order valence-corrected chi connectivity index (χ1v) is 6.94. The molecular weight excluding hydrogens is 342 g/mol. The number of hydrogen-bond donors (Lipinski definition) is 0. The summed E-state index contributed by atoms with van der Waals surface area (Å²) in [5, 5.41) is 0. The standard InChI is InChI=1S/C15H8F6OS/c16-14(17,18)10-5-11(15(19,20)21)7-12(6-10)23-13-4-2-1-3-9(13)8-22/h1-8H. The lowest BCUT2D eigenvalue weighted by molar-refractivity contribution is -0.143. The molecule has 0 aromatic heterocycles. The zero-order valence-corrected chi connectivity index (χ0v) is 12.0. The SMILES string of the molecule is O=Cc1ccccc1Sc1cc(C(F)(F)F)cc(C(F)(F)F)c1. The van der Waals surface area contributed by atoms with Crippen LogP contribution in [0.15, 0.2) is 52.3 Å². The van der Waals surface area contributed by atoms with E-state index in [4.69, 9.17) is 0 Å². The topological polar surface area (TPSA) is 17.1 Å². The van der Waals surface area contributed by atoms with E-state index in [0.29, 0.717) is 30.2 Å². The molecule has 0 saturated carbocycles. The number of alkyl halides is 6. The van der Waals surface area contributed by atoms with Gasteiger partial charge in [-0.1, -0.05) is 30.0 Å². The van der Waals surface area contributed by atoms with Gasteiger partial charge in [0.25, 0.3) is 0 Å². The van der Waals surface area contributed by atoms with Gasteiger partial charge in [-0.05, 0) is 24.3 Å². The lowest BCUT2D eigenvalue weighted by atomic mass is 10.1. The van der Waals surface area contributed by atoms with Crippen molar-refractivity contribution in [2.45, 2.75) is 22.1 Å². The molecule has 2 aromatic rings. The van der Waals surface area contributed by atoms with E-state index >= 15 is 0 Å². The number of aldehydes is 1. The smallest absolute Gasteiger partial charge is 0.298 e. The first kappa shape index (κ1) is 17.4. The molecule has 0 heterocycles. The Labute approximate surface area is 131 Å². The van der Waals surface area contributed by atoms with Crippen LogP contribution in [0.5, 0.6) is 0 Å². The number of carbonyl (C=O) groups excluding carboxylic acids is 1. The third kappa shape index (κ3) is 4.28. The van der Waals surface area contributed by atoms with Gasteiger partial charge in [0, 0.05) is 15.4 Å². The third-order valence-electron chi connectivity index (χ3n) is 2.83. The highest BCUT2D eigenvalue weighted by Crippen LogP contribution is 2.40. The predicted molar refractivity (Wildman–Crippen MR) is 72.4 cm³/mol. The second-order valence-electron chi connectivity index (χ2n) is 4.50. The summed E-state index contributed by atoms with van der Waals surface area (Å²) in [6, 6.07) is 7.27. The molecule has 0 unspecified atom stereocenters. The Hall–Kier alpha value is -1.96. The van der Waals surface area contributed by atoms with E-state index in [1.165, 1.54) is 18.2 Å². The summed E-state index contributed by atoms with van der Waals surface area (Å²) < 4.78 is 76.7. The summed E-state index contributed by atoms with van der Waals surface area (Å²) in [5.74, 6) is 0. The lowest BCUT2D eigenvalue weighted by Crippen LogP contribution is -2.10. The molecular formula is C15H8F6OS. The molecule has 0 fully saturated rings. The summed E-state index contributed by atoms with van der Waals surface area (Å²) in [6.45, 7) is 0. The number of rotatable bonds is 3. The van der Waals surface area contributed by atoms with Gasteiger partial charge in [0.2, 0.25) is 0 Å².